The molecule has 1 aliphatic rings. The molecule has 1 aromatic heterocycles. The second-order valence-electron chi connectivity index (χ2n) is 4.78. The highest BCUT2D eigenvalue weighted by Crippen LogP contribution is 2.30. The zero-order valence-corrected chi connectivity index (χ0v) is 11.2. The number of nitrogens with one attached hydrogen (secondary N) is 1. The molecule has 5 nitrogen and oxygen atoms in total. The standard InChI is InChI=1S/C12H17FN2O3S/c13-11-5-2-6-14-12(11)19(17,18)15-7-9-3-1-4-10(9)8-16/h2,5-6,9-10,15-16H,1,3-4,7-8H2. The van der Waals surface area contributed by atoms with Crippen molar-refractivity contribution in [1.29, 1.82) is 0 Å². The Kier molecular flexibility index (Phi) is 4.49. The predicted molar refractivity (Wildman–Crippen MR) is 67.3 cm³/mol. The minimum atomic E-state index is -3.93. The van der Waals surface area contributed by atoms with Gasteiger partial charge in [-0.1, -0.05) is 6.42 Å². The van der Waals surface area contributed by atoms with Gasteiger partial charge in [0.15, 0.2) is 5.82 Å². The molecule has 0 saturated heterocycles. The van der Waals surface area contributed by atoms with E-state index in [-0.39, 0.29) is 25.0 Å². The molecule has 2 N–H and O–H groups in total. The van der Waals surface area contributed by atoms with Gasteiger partial charge in [-0.05, 0) is 36.8 Å². The van der Waals surface area contributed by atoms with Crippen LogP contribution in [0.25, 0.3) is 0 Å². The fourth-order valence-electron chi connectivity index (χ4n) is 2.48. The van der Waals surface area contributed by atoms with Crippen LogP contribution in [0.5, 0.6) is 0 Å². The van der Waals surface area contributed by atoms with E-state index in [9.17, 15) is 17.9 Å². The van der Waals surface area contributed by atoms with Crippen molar-refractivity contribution in [2.24, 2.45) is 11.8 Å². The molecule has 1 fully saturated rings. The van der Waals surface area contributed by atoms with Crippen LogP contribution < -0.4 is 4.72 Å². The summed E-state index contributed by atoms with van der Waals surface area (Å²) in [4.78, 5) is 3.56. The number of pyridine rings is 1. The molecular formula is C12H17FN2O3S. The topological polar surface area (TPSA) is 79.3 Å². The third kappa shape index (κ3) is 3.29. The van der Waals surface area contributed by atoms with Crippen molar-refractivity contribution >= 4 is 10.0 Å². The molecule has 7 heteroatoms. The molecule has 1 saturated carbocycles. The molecule has 1 heterocycles. The van der Waals surface area contributed by atoms with Gasteiger partial charge in [-0.15, -0.1) is 0 Å². The second kappa shape index (κ2) is 5.94. The normalized spacial score (nSPS) is 23.7. The van der Waals surface area contributed by atoms with E-state index in [4.69, 9.17) is 0 Å². The van der Waals surface area contributed by atoms with Crippen LogP contribution in [0.15, 0.2) is 23.4 Å². The van der Waals surface area contributed by atoms with Gasteiger partial charge < -0.3 is 5.11 Å². The molecule has 0 spiro atoms. The van der Waals surface area contributed by atoms with Crippen molar-refractivity contribution in [3.05, 3.63) is 24.1 Å². The van der Waals surface area contributed by atoms with Crippen molar-refractivity contribution in [1.82, 2.24) is 9.71 Å². The predicted octanol–water partition coefficient (Wildman–Crippen LogP) is 0.908. The van der Waals surface area contributed by atoms with Gasteiger partial charge in [0.05, 0.1) is 0 Å². The summed E-state index contributed by atoms with van der Waals surface area (Å²) in [6, 6.07) is 2.40. The largest absolute Gasteiger partial charge is 0.396 e. The van der Waals surface area contributed by atoms with Gasteiger partial charge in [0.25, 0.3) is 10.0 Å². The van der Waals surface area contributed by atoms with E-state index >= 15 is 0 Å². The van der Waals surface area contributed by atoms with Crippen LogP contribution in [-0.2, 0) is 10.0 Å². The van der Waals surface area contributed by atoms with E-state index in [0.717, 1.165) is 25.3 Å². The Labute approximate surface area is 111 Å². The first kappa shape index (κ1) is 14.4. The molecule has 0 amide bonds. The van der Waals surface area contributed by atoms with E-state index in [0.29, 0.717) is 0 Å². The van der Waals surface area contributed by atoms with Gasteiger partial charge in [0.2, 0.25) is 5.03 Å². The smallest absolute Gasteiger partial charge is 0.261 e. The fourth-order valence-corrected chi connectivity index (χ4v) is 3.57. The summed E-state index contributed by atoms with van der Waals surface area (Å²) in [5, 5.41) is 8.60. The van der Waals surface area contributed by atoms with Gasteiger partial charge in [0, 0.05) is 19.3 Å². The first-order chi connectivity index (χ1) is 9.04. The fraction of sp³-hybridized carbons (Fsp3) is 0.583. The van der Waals surface area contributed by atoms with Crippen LogP contribution in [0.4, 0.5) is 4.39 Å². The molecular weight excluding hydrogens is 271 g/mol. The Morgan fingerprint density at radius 1 is 1.42 bits per heavy atom. The van der Waals surface area contributed by atoms with Crippen LogP contribution in [0, 0.1) is 17.7 Å². The number of aliphatic hydroxyl groups excluding tert-OH is 1. The molecule has 2 atom stereocenters. The minimum absolute atomic E-state index is 0.0599. The second-order valence-corrected chi connectivity index (χ2v) is 6.46. The van der Waals surface area contributed by atoms with Crippen LogP contribution in [-0.4, -0.2) is 31.7 Å². The monoisotopic (exact) mass is 288 g/mol. The van der Waals surface area contributed by atoms with Crippen molar-refractivity contribution < 1.29 is 17.9 Å². The molecule has 2 rings (SSSR count). The summed E-state index contributed by atoms with van der Waals surface area (Å²) in [6.07, 6.45) is 4.00. The summed E-state index contributed by atoms with van der Waals surface area (Å²) in [5.41, 5.74) is 0. The quantitative estimate of drug-likeness (QED) is 0.844. The van der Waals surface area contributed by atoms with Gasteiger partial charge in [-0.3, -0.25) is 0 Å². The Morgan fingerprint density at radius 3 is 2.84 bits per heavy atom. The molecule has 1 aromatic rings. The molecule has 0 radical (unpaired) electrons. The number of nitrogens with zero attached hydrogens (tertiary/aromatic N) is 1. The molecule has 0 bridgehead atoms. The lowest BCUT2D eigenvalue weighted by Gasteiger charge is -2.17. The van der Waals surface area contributed by atoms with Gasteiger partial charge in [0.1, 0.15) is 0 Å². The number of aliphatic hydroxyl groups is 1. The third-order valence-electron chi connectivity index (χ3n) is 3.57. The van der Waals surface area contributed by atoms with E-state index in [2.05, 4.69) is 9.71 Å². The van der Waals surface area contributed by atoms with Gasteiger partial charge >= 0.3 is 0 Å². The first-order valence-electron chi connectivity index (χ1n) is 6.25. The summed E-state index contributed by atoms with van der Waals surface area (Å²) >= 11 is 0. The maximum absolute atomic E-state index is 13.4. The lowest BCUT2D eigenvalue weighted by atomic mass is 9.97. The molecule has 0 aromatic carbocycles. The summed E-state index contributed by atoms with van der Waals surface area (Å²) < 4.78 is 39.6. The average Bonchev–Trinajstić information content (AvgIpc) is 2.84. The van der Waals surface area contributed by atoms with Crippen molar-refractivity contribution in [3.8, 4) is 0 Å². The number of hydrogen-bond acceptors (Lipinski definition) is 4. The Hall–Kier alpha value is -1.05. The van der Waals surface area contributed by atoms with E-state index < -0.39 is 20.9 Å². The first-order valence-corrected chi connectivity index (χ1v) is 7.74. The minimum Gasteiger partial charge on any atom is -0.396 e. The molecule has 1 aliphatic carbocycles. The van der Waals surface area contributed by atoms with E-state index in [1.807, 2.05) is 0 Å². The average molecular weight is 288 g/mol. The molecule has 19 heavy (non-hydrogen) atoms. The van der Waals surface area contributed by atoms with E-state index in [1.165, 1.54) is 12.3 Å². The number of rotatable bonds is 5. The zero-order valence-electron chi connectivity index (χ0n) is 10.4. The number of hydrogen-bond donors (Lipinski definition) is 2. The molecule has 0 aliphatic heterocycles. The Bertz CT molecular complexity index is 536. The van der Waals surface area contributed by atoms with Gasteiger partial charge in [-0.25, -0.2) is 22.5 Å². The van der Waals surface area contributed by atoms with Gasteiger partial charge in [-0.2, -0.15) is 0 Å². The maximum Gasteiger partial charge on any atom is 0.261 e. The van der Waals surface area contributed by atoms with Crippen molar-refractivity contribution in [2.45, 2.75) is 24.3 Å². The van der Waals surface area contributed by atoms with Crippen LogP contribution >= 0.6 is 0 Å². The highest BCUT2D eigenvalue weighted by Gasteiger charge is 2.29. The lowest BCUT2D eigenvalue weighted by molar-refractivity contribution is 0.195. The molecule has 2 unspecified atom stereocenters. The lowest BCUT2D eigenvalue weighted by Crippen LogP contribution is -2.32. The number of halogens is 1. The Morgan fingerprint density at radius 2 is 2.16 bits per heavy atom. The summed E-state index contributed by atoms with van der Waals surface area (Å²) in [5.74, 6) is -0.636. The van der Waals surface area contributed by atoms with Crippen LogP contribution in [0.3, 0.4) is 0 Å². The van der Waals surface area contributed by atoms with Crippen LogP contribution in [0.1, 0.15) is 19.3 Å². The number of sulfonamides is 1. The SMILES string of the molecule is O=S(=O)(NCC1CCCC1CO)c1ncccc1F. The summed E-state index contributed by atoms with van der Waals surface area (Å²) in [7, 11) is -3.93. The molecule has 106 valence electrons. The third-order valence-corrected chi connectivity index (χ3v) is 4.92. The maximum atomic E-state index is 13.4. The number of aromatic nitrogens is 1. The summed E-state index contributed by atoms with van der Waals surface area (Å²) in [6.45, 7) is 0.272. The zero-order chi connectivity index (χ0) is 13.9. The van der Waals surface area contributed by atoms with E-state index in [1.54, 1.807) is 0 Å². The highest BCUT2D eigenvalue weighted by molar-refractivity contribution is 7.89. The van der Waals surface area contributed by atoms with Crippen LogP contribution in [0.2, 0.25) is 0 Å². The van der Waals surface area contributed by atoms with Crippen molar-refractivity contribution in [2.75, 3.05) is 13.2 Å². The Balaban J connectivity index is 2.04. The van der Waals surface area contributed by atoms with Crippen molar-refractivity contribution in [3.63, 3.8) is 0 Å². The highest BCUT2D eigenvalue weighted by atomic mass is 32.2.